The molecule has 0 N–H and O–H groups in total. The molecule has 0 spiro atoms. The molecule has 0 unspecified atom stereocenters. The first-order valence-corrected chi connectivity index (χ1v) is 10.2. The highest BCUT2D eigenvalue weighted by molar-refractivity contribution is 6.03. The van der Waals surface area contributed by atoms with Gasteiger partial charge in [-0.1, -0.05) is 80.1 Å². The smallest absolute Gasteiger partial charge is 0.339 e. The quantitative estimate of drug-likeness (QED) is 0.198. The highest BCUT2D eigenvalue weighted by Gasteiger charge is 2.23. The van der Waals surface area contributed by atoms with E-state index in [0.29, 0.717) is 6.42 Å². The van der Waals surface area contributed by atoms with Gasteiger partial charge in [0.2, 0.25) is 0 Å². The third-order valence-corrected chi connectivity index (χ3v) is 4.26. The summed E-state index contributed by atoms with van der Waals surface area (Å²) < 4.78 is 10.3. The van der Waals surface area contributed by atoms with Gasteiger partial charge in [-0.05, 0) is 18.1 Å². The average Bonchev–Trinajstić information content (AvgIpc) is 2.84. The predicted molar refractivity (Wildman–Crippen MR) is 120 cm³/mol. The number of hydrogen-bond acceptors (Lipinski definition) is 6. The van der Waals surface area contributed by atoms with Crippen molar-refractivity contribution in [3.63, 3.8) is 0 Å². The van der Waals surface area contributed by atoms with Crippen molar-refractivity contribution in [3.8, 4) is 0 Å². The standard InChI is InChI=1S/C19H19NO6.C6H6/c1-2-3-11-25-18(21)16-10-9-15(20(23)24)12-17(16)19(22)26-13-14-7-5-4-6-8-14;1-2-4-6-5-3-1/h4-10,12H,2-3,11,13H2,1H3;1-6H. The molecule has 0 heterocycles. The van der Waals surface area contributed by atoms with Crippen molar-refractivity contribution in [1.82, 2.24) is 0 Å². The van der Waals surface area contributed by atoms with Crippen LogP contribution in [0.3, 0.4) is 0 Å². The first kappa shape index (κ1) is 24.3. The minimum Gasteiger partial charge on any atom is -0.462 e. The Balaban J connectivity index is 0.000000520. The van der Waals surface area contributed by atoms with Crippen LogP contribution in [0.15, 0.2) is 84.9 Å². The summed E-state index contributed by atoms with van der Waals surface area (Å²) in [7, 11) is 0. The highest BCUT2D eigenvalue weighted by atomic mass is 16.6. The van der Waals surface area contributed by atoms with Crippen LogP contribution in [-0.2, 0) is 16.1 Å². The van der Waals surface area contributed by atoms with Crippen molar-refractivity contribution < 1.29 is 24.0 Å². The van der Waals surface area contributed by atoms with E-state index in [0.717, 1.165) is 24.1 Å². The Kier molecular flexibility index (Phi) is 10.1. The number of carbonyl (C=O) groups is 2. The maximum absolute atomic E-state index is 12.4. The van der Waals surface area contributed by atoms with Crippen LogP contribution in [0.4, 0.5) is 5.69 Å². The number of nitro benzene ring substituents is 1. The second kappa shape index (κ2) is 13.3. The second-order valence-electron chi connectivity index (χ2n) is 6.69. The van der Waals surface area contributed by atoms with Crippen molar-refractivity contribution in [2.45, 2.75) is 26.4 Å². The van der Waals surface area contributed by atoms with Crippen LogP contribution in [-0.4, -0.2) is 23.5 Å². The van der Waals surface area contributed by atoms with E-state index in [9.17, 15) is 19.7 Å². The number of non-ortho nitro benzene ring substituents is 1. The lowest BCUT2D eigenvalue weighted by Crippen LogP contribution is -2.15. The molecule has 0 aliphatic rings. The normalized spacial score (nSPS) is 9.78. The summed E-state index contributed by atoms with van der Waals surface area (Å²) in [4.78, 5) is 34.9. The molecule has 3 aromatic carbocycles. The van der Waals surface area contributed by atoms with Crippen LogP contribution in [0.25, 0.3) is 0 Å². The molecule has 0 atom stereocenters. The van der Waals surface area contributed by atoms with Crippen molar-refractivity contribution in [2.24, 2.45) is 0 Å². The lowest BCUT2D eigenvalue weighted by atomic mass is 10.1. The van der Waals surface area contributed by atoms with Crippen LogP contribution in [0.2, 0.25) is 0 Å². The van der Waals surface area contributed by atoms with Gasteiger partial charge in [0.25, 0.3) is 5.69 Å². The summed E-state index contributed by atoms with van der Waals surface area (Å²) in [6.07, 6.45) is 1.53. The Morgan fingerprint density at radius 1 is 0.812 bits per heavy atom. The third-order valence-electron chi connectivity index (χ3n) is 4.26. The summed E-state index contributed by atoms with van der Waals surface area (Å²) in [5, 5.41) is 11.0. The molecule has 0 aliphatic heterocycles. The SMILES string of the molecule is CCCCOC(=O)c1ccc([N+](=O)[O-])cc1C(=O)OCc1ccccc1.c1ccccc1. The lowest BCUT2D eigenvalue weighted by molar-refractivity contribution is -0.384. The van der Waals surface area contributed by atoms with Crippen molar-refractivity contribution in [3.05, 3.63) is 112 Å². The molecule has 166 valence electrons. The summed E-state index contributed by atoms with van der Waals surface area (Å²) >= 11 is 0. The van der Waals surface area contributed by atoms with Gasteiger partial charge in [0.1, 0.15) is 6.61 Å². The number of unbranched alkanes of at least 4 members (excludes halogenated alkanes) is 1. The van der Waals surface area contributed by atoms with Gasteiger partial charge < -0.3 is 9.47 Å². The van der Waals surface area contributed by atoms with Crippen LogP contribution in [0.1, 0.15) is 46.0 Å². The Hall–Kier alpha value is -4.00. The molecule has 0 fully saturated rings. The van der Waals surface area contributed by atoms with E-state index < -0.39 is 16.9 Å². The highest BCUT2D eigenvalue weighted by Crippen LogP contribution is 2.20. The van der Waals surface area contributed by atoms with Crippen molar-refractivity contribution in [2.75, 3.05) is 6.61 Å². The fourth-order valence-electron chi connectivity index (χ4n) is 2.57. The van der Waals surface area contributed by atoms with Gasteiger partial charge in [-0.3, -0.25) is 10.1 Å². The van der Waals surface area contributed by atoms with Gasteiger partial charge >= 0.3 is 11.9 Å². The molecule has 0 saturated carbocycles. The summed E-state index contributed by atoms with van der Waals surface area (Å²) in [5.74, 6) is -1.53. The van der Waals surface area contributed by atoms with Gasteiger partial charge in [0, 0.05) is 12.1 Å². The molecule has 0 saturated heterocycles. The van der Waals surface area contributed by atoms with Crippen LogP contribution < -0.4 is 0 Å². The third kappa shape index (κ3) is 8.02. The first-order valence-electron chi connectivity index (χ1n) is 10.2. The number of hydrogen-bond donors (Lipinski definition) is 0. The summed E-state index contributed by atoms with van der Waals surface area (Å²) in [6, 6.07) is 24.4. The van der Waals surface area contributed by atoms with Crippen molar-refractivity contribution >= 4 is 17.6 Å². The minimum atomic E-state index is -0.819. The number of ether oxygens (including phenoxy) is 2. The largest absolute Gasteiger partial charge is 0.462 e. The molecule has 0 radical (unpaired) electrons. The molecule has 7 heteroatoms. The monoisotopic (exact) mass is 435 g/mol. The number of nitro groups is 1. The van der Waals surface area contributed by atoms with Crippen LogP contribution in [0.5, 0.6) is 0 Å². The zero-order valence-corrected chi connectivity index (χ0v) is 17.8. The number of benzene rings is 3. The molecule has 3 rings (SSSR count). The van der Waals surface area contributed by atoms with E-state index >= 15 is 0 Å². The van der Waals surface area contributed by atoms with Gasteiger partial charge in [-0.25, -0.2) is 9.59 Å². The van der Waals surface area contributed by atoms with E-state index in [4.69, 9.17) is 9.47 Å². The zero-order chi connectivity index (χ0) is 23.2. The molecular formula is C25H25NO6. The molecule has 0 aliphatic carbocycles. The molecule has 0 bridgehead atoms. The second-order valence-corrected chi connectivity index (χ2v) is 6.69. The van der Waals surface area contributed by atoms with Crippen LogP contribution in [0, 0.1) is 10.1 Å². The molecule has 0 amide bonds. The zero-order valence-electron chi connectivity index (χ0n) is 17.8. The van der Waals surface area contributed by atoms with Gasteiger partial charge in [0.15, 0.2) is 0 Å². The Bertz CT molecular complexity index is 979. The van der Waals surface area contributed by atoms with Crippen LogP contribution >= 0.6 is 0 Å². The topological polar surface area (TPSA) is 95.7 Å². The number of carbonyl (C=O) groups excluding carboxylic acids is 2. The van der Waals surface area contributed by atoms with Gasteiger partial charge in [-0.15, -0.1) is 0 Å². The maximum atomic E-state index is 12.4. The molecule has 3 aromatic rings. The molecule has 0 aromatic heterocycles. The number of esters is 2. The minimum absolute atomic E-state index is 0.00725. The van der Waals surface area contributed by atoms with Gasteiger partial charge in [0.05, 0.1) is 22.7 Å². The van der Waals surface area contributed by atoms with Gasteiger partial charge in [-0.2, -0.15) is 0 Å². The number of rotatable bonds is 8. The molecule has 32 heavy (non-hydrogen) atoms. The first-order chi connectivity index (χ1) is 15.5. The average molecular weight is 435 g/mol. The van der Waals surface area contributed by atoms with E-state index in [1.807, 2.05) is 49.4 Å². The van der Waals surface area contributed by atoms with E-state index in [1.54, 1.807) is 24.3 Å². The Morgan fingerprint density at radius 3 is 1.94 bits per heavy atom. The Morgan fingerprint density at radius 2 is 1.38 bits per heavy atom. The molecule has 7 nitrogen and oxygen atoms in total. The summed E-state index contributed by atoms with van der Waals surface area (Å²) in [5.41, 5.74) is 0.224. The molecular weight excluding hydrogens is 410 g/mol. The summed E-state index contributed by atoms with van der Waals surface area (Å²) in [6.45, 7) is 2.16. The fraction of sp³-hybridized carbons (Fsp3) is 0.200. The fourth-order valence-corrected chi connectivity index (χ4v) is 2.57. The predicted octanol–water partition coefficient (Wildman–Crippen LogP) is 5.60. The van der Waals surface area contributed by atoms with E-state index in [1.165, 1.54) is 6.07 Å². The Labute approximate surface area is 186 Å². The maximum Gasteiger partial charge on any atom is 0.339 e. The number of nitrogens with zero attached hydrogens (tertiary/aromatic N) is 1. The van der Waals surface area contributed by atoms with E-state index in [2.05, 4.69) is 0 Å². The lowest BCUT2D eigenvalue weighted by Gasteiger charge is -2.10. The van der Waals surface area contributed by atoms with E-state index in [-0.39, 0.29) is 30.0 Å². The van der Waals surface area contributed by atoms with Crippen molar-refractivity contribution in [1.29, 1.82) is 0 Å².